The Kier molecular flexibility index (Phi) is 7.62. The van der Waals surface area contributed by atoms with E-state index >= 15 is 0 Å². The normalized spacial score (nSPS) is 10.5. The lowest BCUT2D eigenvalue weighted by atomic mass is 10.1. The summed E-state index contributed by atoms with van der Waals surface area (Å²) in [5.41, 5.74) is 0.963. The third kappa shape index (κ3) is 4.67. The maximum Gasteiger partial charge on any atom is 0.341 e. The van der Waals surface area contributed by atoms with E-state index in [4.69, 9.17) is 17.0 Å². The molecule has 0 spiro atoms. The van der Waals surface area contributed by atoms with Gasteiger partial charge in [-0.15, -0.1) is 11.3 Å². The van der Waals surface area contributed by atoms with Gasteiger partial charge in [-0.2, -0.15) is 0 Å². The number of nitrogens with one attached hydrogen (secondary N) is 2. The summed E-state index contributed by atoms with van der Waals surface area (Å²) in [7, 11) is 1.32. The summed E-state index contributed by atoms with van der Waals surface area (Å²) in [5.74, 6) is -0.583. The van der Waals surface area contributed by atoms with Crippen molar-refractivity contribution in [2.45, 2.75) is 40.7 Å². The van der Waals surface area contributed by atoms with Gasteiger partial charge in [0.2, 0.25) is 0 Å². The number of carbonyl (C=O) groups excluding carboxylic acids is 2. The number of methoxy groups -OCH3 is 1. The number of carbonyl (C=O) groups is 2. The zero-order chi connectivity index (χ0) is 18.4. The summed E-state index contributed by atoms with van der Waals surface area (Å²) < 4.78 is 4.87. The number of thiocarbonyl (C=S) groups is 1. The van der Waals surface area contributed by atoms with Crippen molar-refractivity contribution in [1.82, 2.24) is 10.2 Å². The second-order valence-corrected chi connectivity index (χ2v) is 6.91. The Morgan fingerprint density at radius 1 is 1.29 bits per heavy atom. The zero-order valence-corrected chi connectivity index (χ0v) is 16.6. The number of hydrogen-bond acceptors (Lipinski definition) is 5. The largest absolute Gasteiger partial charge is 0.465 e. The number of thiophene rings is 1. The second-order valence-electron chi connectivity index (χ2n) is 5.48. The number of esters is 1. The minimum Gasteiger partial charge on any atom is -0.465 e. The highest BCUT2D eigenvalue weighted by Crippen LogP contribution is 2.34. The third-order valence-corrected chi connectivity index (χ3v) is 4.84. The highest BCUT2D eigenvalue weighted by molar-refractivity contribution is 7.80. The van der Waals surface area contributed by atoms with E-state index in [2.05, 4.69) is 10.6 Å². The molecule has 0 fully saturated rings. The van der Waals surface area contributed by atoms with Crippen LogP contribution in [0.15, 0.2) is 0 Å². The van der Waals surface area contributed by atoms with Crippen molar-refractivity contribution >= 4 is 45.5 Å². The molecule has 0 atom stereocenters. The molecule has 0 saturated carbocycles. The number of nitrogens with zero attached hydrogens (tertiary/aromatic N) is 1. The first kappa shape index (κ1) is 20.4. The number of ether oxygens (including phenoxy) is 1. The summed E-state index contributed by atoms with van der Waals surface area (Å²) in [4.78, 5) is 27.1. The SMILES string of the molecule is CCN(CC)C(=O)c1sc(NC(=S)NC(C)C)c(C(=O)OC)c1C. The molecule has 2 N–H and O–H groups in total. The predicted octanol–water partition coefficient (Wildman–Crippen LogP) is 3.02. The quantitative estimate of drug-likeness (QED) is 0.592. The molecule has 0 unspecified atom stereocenters. The van der Waals surface area contributed by atoms with E-state index in [1.807, 2.05) is 27.7 Å². The van der Waals surface area contributed by atoms with Gasteiger partial charge >= 0.3 is 5.97 Å². The van der Waals surface area contributed by atoms with E-state index in [-0.39, 0.29) is 11.9 Å². The number of amides is 1. The first-order valence-corrected chi connectivity index (χ1v) is 9.07. The molecule has 0 aliphatic heterocycles. The summed E-state index contributed by atoms with van der Waals surface area (Å²) in [6.45, 7) is 10.7. The molecule has 1 aromatic heterocycles. The Balaban J connectivity index is 3.27. The van der Waals surface area contributed by atoms with Crippen LogP contribution in [0.1, 0.15) is 53.3 Å². The van der Waals surface area contributed by atoms with E-state index in [9.17, 15) is 9.59 Å². The Morgan fingerprint density at radius 2 is 1.88 bits per heavy atom. The summed E-state index contributed by atoms with van der Waals surface area (Å²) in [6, 6.07) is 0.157. The van der Waals surface area contributed by atoms with Gasteiger partial charge in [0.25, 0.3) is 5.91 Å². The molecule has 0 bridgehead atoms. The molecule has 0 aliphatic carbocycles. The van der Waals surface area contributed by atoms with Crippen LogP contribution < -0.4 is 10.6 Å². The van der Waals surface area contributed by atoms with Crippen molar-refractivity contribution in [3.05, 3.63) is 16.0 Å². The van der Waals surface area contributed by atoms with Crippen molar-refractivity contribution in [1.29, 1.82) is 0 Å². The van der Waals surface area contributed by atoms with Crippen LogP contribution in [0, 0.1) is 6.92 Å². The molecular weight excluding hydrogens is 346 g/mol. The molecule has 1 rings (SSSR count). The highest BCUT2D eigenvalue weighted by atomic mass is 32.1. The average molecular weight is 372 g/mol. The summed E-state index contributed by atoms with van der Waals surface area (Å²) in [6.07, 6.45) is 0. The van der Waals surface area contributed by atoms with Crippen LogP contribution in [-0.4, -0.2) is 48.1 Å². The Labute approximate surface area is 152 Å². The van der Waals surface area contributed by atoms with Gasteiger partial charge in [-0.05, 0) is 52.4 Å². The summed E-state index contributed by atoms with van der Waals surface area (Å²) >= 11 is 6.47. The Bertz CT molecular complexity index is 622. The highest BCUT2D eigenvalue weighted by Gasteiger charge is 2.27. The van der Waals surface area contributed by atoms with E-state index in [0.717, 1.165) is 0 Å². The molecule has 1 amide bonds. The molecule has 0 saturated heterocycles. The van der Waals surface area contributed by atoms with Gasteiger partial charge in [0.05, 0.1) is 17.6 Å². The van der Waals surface area contributed by atoms with Crippen LogP contribution in [0.3, 0.4) is 0 Å². The molecule has 0 radical (unpaired) electrons. The van der Waals surface area contributed by atoms with Gasteiger partial charge in [0.15, 0.2) is 5.11 Å². The zero-order valence-electron chi connectivity index (χ0n) is 15.0. The van der Waals surface area contributed by atoms with Crippen LogP contribution in [0.25, 0.3) is 0 Å². The molecule has 134 valence electrons. The molecule has 0 aliphatic rings. The van der Waals surface area contributed by atoms with Gasteiger partial charge in [-0.3, -0.25) is 4.79 Å². The Hall–Kier alpha value is -1.67. The third-order valence-electron chi connectivity index (χ3n) is 3.43. The topological polar surface area (TPSA) is 70.7 Å². The van der Waals surface area contributed by atoms with Crippen molar-refractivity contribution in [3.8, 4) is 0 Å². The smallest absolute Gasteiger partial charge is 0.341 e. The fourth-order valence-electron chi connectivity index (χ4n) is 2.21. The van der Waals surface area contributed by atoms with E-state index in [1.165, 1.54) is 18.4 Å². The maximum atomic E-state index is 12.7. The van der Waals surface area contributed by atoms with E-state index in [1.54, 1.807) is 11.8 Å². The lowest BCUT2D eigenvalue weighted by Gasteiger charge is -2.18. The van der Waals surface area contributed by atoms with Gasteiger partial charge in [-0.25, -0.2) is 4.79 Å². The summed E-state index contributed by atoms with van der Waals surface area (Å²) in [5, 5.41) is 7.00. The molecule has 0 aromatic carbocycles. The molecule has 6 nitrogen and oxygen atoms in total. The average Bonchev–Trinajstić information content (AvgIpc) is 2.83. The standard InChI is InChI=1S/C16H25N3O3S2/c1-7-19(8-2)14(20)12-10(5)11(15(21)22-6)13(24-12)18-16(23)17-9(3)4/h9H,7-8H2,1-6H3,(H2,17,18,23). The first-order valence-electron chi connectivity index (χ1n) is 7.85. The monoisotopic (exact) mass is 371 g/mol. The predicted molar refractivity (Wildman–Crippen MR) is 102 cm³/mol. The first-order chi connectivity index (χ1) is 11.3. The van der Waals surface area contributed by atoms with Gasteiger partial charge in [0, 0.05) is 19.1 Å². The molecule has 8 heteroatoms. The minimum absolute atomic E-state index is 0.0940. The van der Waals surface area contributed by atoms with Crippen LogP contribution in [-0.2, 0) is 4.74 Å². The maximum absolute atomic E-state index is 12.7. The van der Waals surface area contributed by atoms with E-state index < -0.39 is 5.97 Å². The molecular formula is C16H25N3O3S2. The molecule has 1 aromatic rings. The second kappa shape index (κ2) is 8.98. The number of anilines is 1. The lowest BCUT2D eigenvalue weighted by Crippen LogP contribution is -2.34. The van der Waals surface area contributed by atoms with Crippen LogP contribution in [0.5, 0.6) is 0 Å². The van der Waals surface area contributed by atoms with Crippen molar-refractivity contribution in [2.24, 2.45) is 0 Å². The van der Waals surface area contributed by atoms with Gasteiger partial charge in [-0.1, -0.05) is 0 Å². The molecule has 1 heterocycles. The van der Waals surface area contributed by atoms with Crippen LogP contribution >= 0.6 is 23.6 Å². The minimum atomic E-state index is -0.489. The van der Waals surface area contributed by atoms with Crippen molar-refractivity contribution in [3.63, 3.8) is 0 Å². The van der Waals surface area contributed by atoms with Crippen molar-refractivity contribution < 1.29 is 14.3 Å². The van der Waals surface area contributed by atoms with Gasteiger partial charge in [0.1, 0.15) is 5.00 Å². The fourth-order valence-corrected chi connectivity index (χ4v) is 3.78. The Morgan fingerprint density at radius 3 is 2.33 bits per heavy atom. The van der Waals surface area contributed by atoms with Crippen LogP contribution in [0.4, 0.5) is 5.00 Å². The van der Waals surface area contributed by atoms with Crippen molar-refractivity contribution in [2.75, 3.05) is 25.5 Å². The molecule has 24 heavy (non-hydrogen) atoms. The van der Waals surface area contributed by atoms with Gasteiger partial charge < -0.3 is 20.3 Å². The lowest BCUT2D eigenvalue weighted by molar-refractivity contribution is 0.0601. The number of hydrogen-bond donors (Lipinski definition) is 2. The fraction of sp³-hybridized carbons (Fsp3) is 0.562. The number of rotatable bonds is 6. The van der Waals surface area contributed by atoms with Crippen LogP contribution in [0.2, 0.25) is 0 Å². The van der Waals surface area contributed by atoms with E-state index in [0.29, 0.717) is 39.2 Å².